The Morgan fingerprint density at radius 2 is 1.94 bits per heavy atom. The van der Waals surface area contributed by atoms with Gasteiger partial charge in [0.1, 0.15) is 10.1 Å². The van der Waals surface area contributed by atoms with Crippen LogP contribution < -0.4 is 10.1 Å². The van der Waals surface area contributed by atoms with Crippen LogP contribution in [0.3, 0.4) is 0 Å². The first-order chi connectivity index (χ1) is 14.8. The third-order valence-electron chi connectivity index (χ3n) is 4.50. The Morgan fingerprint density at radius 3 is 2.68 bits per heavy atom. The molecule has 5 nitrogen and oxygen atoms in total. The number of carbonyl (C=O) groups is 2. The van der Waals surface area contributed by atoms with E-state index in [9.17, 15) is 18.4 Å². The van der Waals surface area contributed by atoms with Crippen LogP contribution in [0.2, 0.25) is 0 Å². The molecule has 0 aliphatic carbocycles. The molecule has 9 heteroatoms. The van der Waals surface area contributed by atoms with E-state index in [2.05, 4.69) is 10.1 Å². The number of para-hydroxylation sites is 2. The van der Waals surface area contributed by atoms with Gasteiger partial charge in [0, 0.05) is 24.2 Å². The Balaban J connectivity index is 1.59. The molecule has 1 fully saturated rings. The molecule has 1 saturated heterocycles. The standard InChI is InChI=1S/C22H20F2N2O3S2/c1-14-7-2-4-9-16(14)25-19(27)11-6-12-26-20(28)18(31-22(26)30)13-15-8-3-5-10-17(15)29-21(23)24/h2-5,7-10,13,21H,6,11-12H2,1H3,(H,25,27). The van der Waals surface area contributed by atoms with Crippen molar-refractivity contribution >= 4 is 51.9 Å². The van der Waals surface area contributed by atoms with Gasteiger partial charge >= 0.3 is 6.61 Å². The lowest BCUT2D eigenvalue weighted by atomic mass is 10.2. The largest absolute Gasteiger partial charge is 0.434 e. The summed E-state index contributed by atoms with van der Waals surface area (Å²) < 4.78 is 30.1. The van der Waals surface area contributed by atoms with E-state index in [-0.39, 0.29) is 24.0 Å². The number of hydrogen-bond acceptors (Lipinski definition) is 5. The normalized spacial score (nSPS) is 15.1. The highest BCUT2D eigenvalue weighted by Crippen LogP contribution is 2.34. The third-order valence-corrected chi connectivity index (χ3v) is 5.88. The molecule has 0 radical (unpaired) electrons. The minimum atomic E-state index is -2.96. The lowest BCUT2D eigenvalue weighted by Gasteiger charge is -2.14. The van der Waals surface area contributed by atoms with Crippen LogP contribution in [0.4, 0.5) is 14.5 Å². The summed E-state index contributed by atoms with van der Waals surface area (Å²) in [5.41, 5.74) is 2.08. The smallest absolute Gasteiger partial charge is 0.387 e. The molecule has 1 N–H and O–H groups in total. The molecule has 2 aromatic carbocycles. The van der Waals surface area contributed by atoms with E-state index in [4.69, 9.17) is 12.2 Å². The van der Waals surface area contributed by atoms with Crippen molar-refractivity contribution in [1.82, 2.24) is 4.90 Å². The number of aryl methyl sites for hydroxylation is 1. The van der Waals surface area contributed by atoms with Crippen LogP contribution >= 0.6 is 24.0 Å². The SMILES string of the molecule is Cc1ccccc1NC(=O)CCCN1C(=O)C(=Cc2ccccc2OC(F)F)SC1=S. The predicted octanol–water partition coefficient (Wildman–Crippen LogP) is 5.22. The maximum atomic E-state index is 12.7. The molecule has 1 heterocycles. The molecule has 0 spiro atoms. The Kier molecular flexibility index (Phi) is 7.75. The van der Waals surface area contributed by atoms with Gasteiger partial charge in [0.15, 0.2) is 0 Å². The quantitative estimate of drug-likeness (QED) is 0.431. The zero-order valence-electron chi connectivity index (χ0n) is 16.6. The first kappa shape index (κ1) is 22.9. The Morgan fingerprint density at radius 1 is 1.23 bits per heavy atom. The van der Waals surface area contributed by atoms with Gasteiger partial charge in [-0.3, -0.25) is 14.5 Å². The van der Waals surface area contributed by atoms with Crippen molar-refractivity contribution in [2.24, 2.45) is 0 Å². The van der Waals surface area contributed by atoms with Crippen LogP contribution in [0.15, 0.2) is 53.4 Å². The second-order valence-electron chi connectivity index (χ2n) is 6.72. The number of halogens is 2. The van der Waals surface area contributed by atoms with E-state index in [1.54, 1.807) is 18.2 Å². The Bertz CT molecular complexity index is 1030. The van der Waals surface area contributed by atoms with E-state index >= 15 is 0 Å². The van der Waals surface area contributed by atoms with Crippen LogP contribution in [0.5, 0.6) is 5.75 Å². The molecular weight excluding hydrogens is 442 g/mol. The molecule has 1 aliphatic rings. The maximum absolute atomic E-state index is 12.7. The van der Waals surface area contributed by atoms with E-state index in [0.29, 0.717) is 27.8 Å². The highest BCUT2D eigenvalue weighted by atomic mass is 32.2. The number of rotatable bonds is 8. The molecule has 0 unspecified atom stereocenters. The second-order valence-corrected chi connectivity index (χ2v) is 8.39. The van der Waals surface area contributed by atoms with Gasteiger partial charge < -0.3 is 10.1 Å². The number of ether oxygens (including phenoxy) is 1. The molecule has 0 aromatic heterocycles. The van der Waals surface area contributed by atoms with Crippen molar-refractivity contribution in [2.75, 3.05) is 11.9 Å². The summed E-state index contributed by atoms with van der Waals surface area (Å²) in [5, 5.41) is 2.85. The van der Waals surface area contributed by atoms with Gasteiger partial charge in [0.2, 0.25) is 5.91 Å². The summed E-state index contributed by atoms with van der Waals surface area (Å²) in [5.74, 6) is -0.481. The molecule has 0 bridgehead atoms. The van der Waals surface area contributed by atoms with Crippen molar-refractivity contribution in [3.05, 3.63) is 64.6 Å². The number of nitrogens with one attached hydrogen (secondary N) is 1. The summed E-state index contributed by atoms with van der Waals surface area (Å²) in [6, 6.07) is 13.7. The summed E-state index contributed by atoms with van der Waals surface area (Å²) >= 11 is 6.38. The van der Waals surface area contributed by atoms with Gasteiger partial charge in [0.25, 0.3) is 5.91 Å². The van der Waals surface area contributed by atoms with Gasteiger partial charge in [-0.25, -0.2) is 0 Å². The van der Waals surface area contributed by atoms with Gasteiger partial charge in [-0.2, -0.15) is 8.78 Å². The Hall–Kier alpha value is -2.78. The number of anilines is 1. The van der Waals surface area contributed by atoms with E-state index in [0.717, 1.165) is 23.0 Å². The monoisotopic (exact) mass is 462 g/mol. The molecule has 31 heavy (non-hydrogen) atoms. The summed E-state index contributed by atoms with van der Waals surface area (Å²) in [6.07, 6.45) is 2.15. The summed E-state index contributed by atoms with van der Waals surface area (Å²) in [7, 11) is 0. The molecule has 3 rings (SSSR count). The number of thioether (sulfide) groups is 1. The first-order valence-corrected chi connectivity index (χ1v) is 10.7. The lowest BCUT2D eigenvalue weighted by Crippen LogP contribution is -2.29. The van der Waals surface area contributed by atoms with Crippen molar-refractivity contribution in [3.8, 4) is 5.75 Å². The maximum Gasteiger partial charge on any atom is 0.387 e. The number of carbonyl (C=O) groups excluding carboxylic acids is 2. The minimum Gasteiger partial charge on any atom is -0.434 e. The lowest BCUT2D eigenvalue weighted by molar-refractivity contribution is -0.122. The fourth-order valence-electron chi connectivity index (χ4n) is 2.96. The topological polar surface area (TPSA) is 58.6 Å². The zero-order chi connectivity index (χ0) is 22.4. The first-order valence-electron chi connectivity index (χ1n) is 9.50. The molecule has 2 aromatic rings. The van der Waals surface area contributed by atoms with E-state index < -0.39 is 6.61 Å². The molecule has 162 valence electrons. The fraction of sp³-hybridized carbons (Fsp3) is 0.227. The van der Waals surface area contributed by atoms with E-state index in [1.807, 2.05) is 31.2 Å². The average Bonchev–Trinajstić information content (AvgIpc) is 2.98. The molecule has 2 amide bonds. The summed E-state index contributed by atoms with van der Waals surface area (Å²) in [6.45, 7) is -0.764. The number of hydrogen-bond donors (Lipinski definition) is 1. The highest BCUT2D eigenvalue weighted by Gasteiger charge is 2.32. The van der Waals surface area contributed by atoms with Crippen LogP contribution in [0, 0.1) is 6.92 Å². The fourth-order valence-corrected chi connectivity index (χ4v) is 4.26. The second kappa shape index (κ2) is 10.5. The van der Waals surface area contributed by atoms with Crippen LogP contribution in [0.1, 0.15) is 24.0 Å². The zero-order valence-corrected chi connectivity index (χ0v) is 18.3. The van der Waals surface area contributed by atoms with Crippen LogP contribution in [-0.2, 0) is 9.59 Å². The molecule has 0 saturated carbocycles. The molecule has 0 atom stereocenters. The molecular formula is C22H20F2N2O3S2. The predicted molar refractivity (Wildman–Crippen MR) is 122 cm³/mol. The minimum absolute atomic E-state index is 0.0179. The van der Waals surface area contributed by atoms with Gasteiger partial charge in [-0.15, -0.1) is 0 Å². The van der Waals surface area contributed by atoms with Crippen molar-refractivity contribution in [2.45, 2.75) is 26.4 Å². The summed E-state index contributed by atoms with van der Waals surface area (Å²) in [4.78, 5) is 26.7. The van der Waals surface area contributed by atoms with Gasteiger partial charge in [0.05, 0.1) is 4.91 Å². The molecule has 1 aliphatic heterocycles. The number of benzene rings is 2. The van der Waals surface area contributed by atoms with Gasteiger partial charge in [-0.1, -0.05) is 60.4 Å². The van der Waals surface area contributed by atoms with Gasteiger partial charge in [-0.05, 0) is 37.1 Å². The Labute approximate surface area is 188 Å². The van der Waals surface area contributed by atoms with Crippen molar-refractivity contribution in [1.29, 1.82) is 0 Å². The number of thiocarbonyl (C=S) groups is 1. The van der Waals surface area contributed by atoms with Crippen molar-refractivity contribution in [3.63, 3.8) is 0 Å². The third kappa shape index (κ3) is 6.11. The van der Waals surface area contributed by atoms with Crippen molar-refractivity contribution < 1.29 is 23.1 Å². The van der Waals surface area contributed by atoms with Crippen LogP contribution in [-0.4, -0.2) is 34.2 Å². The average molecular weight is 463 g/mol. The number of alkyl halides is 2. The number of nitrogens with zero attached hydrogens (tertiary/aromatic N) is 1. The van der Waals surface area contributed by atoms with E-state index in [1.165, 1.54) is 17.0 Å². The number of amides is 2. The van der Waals surface area contributed by atoms with Crippen LogP contribution in [0.25, 0.3) is 6.08 Å². The highest BCUT2D eigenvalue weighted by molar-refractivity contribution is 8.26.